The van der Waals surface area contributed by atoms with Gasteiger partial charge in [-0.3, -0.25) is 53.1 Å². The van der Waals surface area contributed by atoms with Gasteiger partial charge in [0.05, 0.1) is 22.1 Å². The monoisotopic (exact) mass is 1140 g/mol. The van der Waals surface area contributed by atoms with Crippen molar-refractivity contribution in [2.24, 2.45) is 5.41 Å². The highest BCUT2D eigenvalue weighted by molar-refractivity contribution is 7.52. The summed E-state index contributed by atoms with van der Waals surface area (Å²) < 4.78 is 47.3. The van der Waals surface area contributed by atoms with Crippen LogP contribution in [0.4, 0.5) is 8.78 Å². The van der Waals surface area contributed by atoms with Gasteiger partial charge in [-0.1, -0.05) is 101 Å². The maximum Gasteiger partial charge on any atom is 0.399 e. The van der Waals surface area contributed by atoms with E-state index in [1.54, 1.807) is 43.9 Å². The van der Waals surface area contributed by atoms with E-state index in [-0.39, 0.29) is 71.5 Å². The average molecular weight is 1140 g/mol. The molecule has 4 aliphatic rings. The molecular weight excluding hydrogens is 1070 g/mol. The number of hydrogen-bond donors (Lipinski definition) is 5. The second-order valence-electron chi connectivity index (χ2n) is 22.0. The van der Waals surface area contributed by atoms with Crippen LogP contribution >= 0.6 is 18.9 Å². The molecule has 2 unspecified atom stereocenters. The lowest BCUT2D eigenvalue weighted by molar-refractivity contribution is -0.147. The van der Waals surface area contributed by atoms with Crippen LogP contribution in [0.15, 0.2) is 72.8 Å². The lowest BCUT2D eigenvalue weighted by Crippen LogP contribution is -2.58. The first-order valence-corrected chi connectivity index (χ1v) is 29.6. The summed E-state index contributed by atoms with van der Waals surface area (Å²) in [7, 11) is -5.85. The molecule has 4 aromatic rings. The normalized spacial score (nSPS) is 20.1. The van der Waals surface area contributed by atoms with Gasteiger partial charge in [0.2, 0.25) is 29.5 Å². The molecule has 4 aliphatic heterocycles. The van der Waals surface area contributed by atoms with E-state index in [1.807, 2.05) is 30.3 Å². The summed E-state index contributed by atoms with van der Waals surface area (Å²) in [6.45, 7) is 6.34. The number of fused-ring (bicyclic) bond motifs is 2. The van der Waals surface area contributed by atoms with Crippen molar-refractivity contribution in [2.75, 3.05) is 32.8 Å². The van der Waals surface area contributed by atoms with Crippen molar-refractivity contribution in [1.82, 2.24) is 30.7 Å². The number of alkyl halides is 2. The summed E-state index contributed by atoms with van der Waals surface area (Å²) in [6.07, 6.45) is 8.38. The summed E-state index contributed by atoms with van der Waals surface area (Å²) in [4.78, 5) is 129. The number of piperidine rings is 2. The number of hydrogen-bond acceptors (Lipinski definition) is 11. The molecule has 0 aliphatic carbocycles. The zero-order chi connectivity index (χ0) is 57.5. The van der Waals surface area contributed by atoms with Crippen LogP contribution in [0, 0.1) is 17.3 Å². The molecule has 0 bridgehead atoms. The minimum atomic E-state index is -5.85. The van der Waals surface area contributed by atoms with Crippen molar-refractivity contribution in [1.29, 1.82) is 0 Å². The number of carbonyl (C=O) groups is 8. The van der Waals surface area contributed by atoms with Gasteiger partial charge in [-0.05, 0) is 84.9 Å². The average Bonchev–Trinajstić information content (AvgIpc) is 4.19. The Morgan fingerprint density at radius 2 is 1.59 bits per heavy atom. The van der Waals surface area contributed by atoms with E-state index in [9.17, 15) is 61.5 Å². The summed E-state index contributed by atoms with van der Waals surface area (Å²) >= 11 is 0.957. The van der Waals surface area contributed by atoms with Crippen LogP contribution in [0.25, 0.3) is 10.1 Å². The highest BCUT2D eigenvalue weighted by Crippen LogP contribution is 2.59. The third-order valence-electron chi connectivity index (χ3n) is 15.1. The van der Waals surface area contributed by atoms with Crippen molar-refractivity contribution in [2.45, 2.75) is 140 Å². The van der Waals surface area contributed by atoms with Gasteiger partial charge in [-0.15, -0.1) is 11.3 Å². The smallest absolute Gasteiger partial charge is 0.366 e. The standard InChI is InChI=1S/C58H67F2N6O12PS/c1-57(2,3)50(63-52(70)47-31-39-30-40(22-25-46(39)80-47)58(59,60)79(75,76)77)56(74)65-34-41(32-45(65)55(73)64-28-16-20-38(33-64)37-18-13-11-14-19-37)78-35-49(68)61-27-15-10-8-6-4-5-7-9-12-17-36-21-23-42-43(29-36)54(72)66(53(42)71)44-24-26-48(67)62-51(44)69/h11,13-14,18-19,21-23,25,29-31,38,41,44-45,50H,4-10,15-16,20,24,26-28,32-35H2,1-3H3,(H,61,68)(H,63,70)(H,62,67,69)(H2,75,76,77)/t38-,41-,44?,45-,50?/m0/s1. The van der Waals surface area contributed by atoms with E-state index in [4.69, 9.17) is 4.74 Å². The number of benzene rings is 3. The summed E-state index contributed by atoms with van der Waals surface area (Å²) in [5.41, 5.74) is -4.17. The topological polar surface area (TPSA) is 249 Å². The van der Waals surface area contributed by atoms with Crippen molar-refractivity contribution in [3.05, 3.63) is 105 Å². The van der Waals surface area contributed by atoms with Crippen LogP contribution in [-0.2, 0) is 38.9 Å². The van der Waals surface area contributed by atoms with Gasteiger partial charge in [0, 0.05) is 67.2 Å². The summed E-state index contributed by atoms with van der Waals surface area (Å²) in [6, 6.07) is 15.9. The van der Waals surface area contributed by atoms with Gasteiger partial charge in [0.15, 0.2) is 0 Å². The van der Waals surface area contributed by atoms with Crippen molar-refractivity contribution in [3.8, 4) is 11.8 Å². The van der Waals surface area contributed by atoms with Gasteiger partial charge < -0.3 is 35.0 Å². The number of nitrogens with zero attached hydrogens (tertiary/aromatic N) is 3. The molecule has 5 atom stereocenters. The quantitative estimate of drug-likeness (QED) is 0.0252. The summed E-state index contributed by atoms with van der Waals surface area (Å²) in [5.74, 6) is 2.25. The maximum absolute atomic E-state index is 14.8. The molecule has 8 amide bonds. The number of carbonyl (C=O) groups excluding carboxylic acids is 8. The van der Waals surface area contributed by atoms with Crippen molar-refractivity contribution in [3.63, 3.8) is 0 Å². The molecule has 5 heterocycles. The predicted octanol–water partition coefficient (Wildman–Crippen LogP) is 7.36. The number of unbranched alkanes of at least 4 members (excludes halogenated alkanes) is 7. The van der Waals surface area contributed by atoms with Gasteiger partial charge >= 0.3 is 13.3 Å². The number of thiophene rings is 1. The molecule has 0 saturated carbocycles. The first-order valence-electron chi connectivity index (χ1n) is 27.2. The Morgan fingerprint density at radius 1 is 0.875 bits per heavy atom. The second-order valence-corrected chi connectivity index (χ2v) is 24.7. The zero-order valence-electron chi connectivity index (χ0n) is 45.0. The van der Waals surface area contributed by atoms with Crippen molar-refractivity contribution < 1.29 is 66.2 Å². The van der Waals surface area contributed by atoms with Crippen LogP contribution in [-0.4, -0.2) is 129 Å². The number of rotatable bonds is 20. The first kappa shape index (κ1) is 59.4. The van der Waals surface area contributed by atoms with E-state index >= 15 is 0 Å². The number of amides is 8. The predicted molar refractivity (Wildman–Crippen MR) is 293 cm³/mol. The van der Waals surface area contributed by atoms with Gasteiger partial charge in [-0.2, -0.15) is 8.78 Å². The Balaban J connectivity index is 0.796. The SMILES string of the molecule is CC(C)(C)C(NC(=O)c1cc2cc(C(F)(F)P(=O)(O)O)ccc2s1)C(=O)N1C[C@@H](OCC(=O)NCCCCCCCCCC#Cc2ccc3c(c2)C(=O)N(C2CCC(=O)NC2=O)C3=O)C[C@H]1C(=O)N1CCC[C@H](c2ccccc2)C1. The largest absolute Gasteiger partial charge is 0.399 e. The van der Waals surface area contributed by atoms with Crippen LogP contribution < -0.4 is 16.0 Å². The number of halogens is 2. The second kappa shape index (κ2) is 25.4. The minimum Gasteiger partial charge on any atom is -0.366 e. The van der Waals surface area contributed by atoms with E-state index in [0.29, 0.717) is 36.3 Å². The van der Waals surface area contributed by atoms with Gasteiger partial charge in [-0.25, -0.2) is 0 Å². The number of imide groups is 2. The van der Waals surface area contributed by atoms with Crippen LogP contribution in [0.1, 0.15) is 157 Å². The Bertz CT molecular complexity index is 3150. The van der Waals surface area contributed by atoms with Crippen LogP contribution in [0.3, 0.4) is 0 Å². The van der Waals surface area contributed by atoms with E-state index in [0.717, 1.165) is 91.7 Å². The van der Waals surface area contributed by atoms with Gasteiger partial charge in [0.25, 0.3) is 17.7 Å². The van der Waals surface area contributed by atoms with E-state index in [2.05, 4.69) is 27.8 Å². The molecule has 80 heavy (non-hydrogen) atoms. The third kappa shape index (κ3) is 13.9. The Morgan fingerprint density at radius 3 is 2.30 bits per heavy atom. The molecular formula is C58H67F2N6O12PS. The zero-order valence-corrected chi connectivity index (χ0v) is 46.7. The number of ether oxygens (including phenoxy) is 1. The first-order chi connectivity index (χ1) is 38.0. The lowest BCUT2D eigenvalue weighted by atomic mass is 9.85. The molecule has 0 spiro atoms. The van der Waals surface area contributed by atoms with Crippen molar-refractivity contribution >= 4 is 76.3 Å². The highest BCUT2D eigenvalue weighted by atomic mass is 32.1. The Hall–Kier alpha value is -6.69. The van der Waals surface area contributed by atoms with E-state index < -0.39 is 83.9 Å². The molecule has 1 aromatic heterocycles. The van der Waals surface area contributed by atoms with E-state index in [1.165, 1.54) is 17.0 Å². The molecule has 0 radical (unpaired) electrons. The molecule has 3 aromatic carbocycles. The number of nitrogens with one attached hydrogen (secondary N) is 3. The van der Waals surface area contributed by atoms with Crippen LogP contribution in [0.2, 0.25) is 0 Å². The highest BCUT2D eigenvalue weighted by Gasteiger charge is 2.51. The fraction of sp³-hybridized carbons (Fsp3) is 0.483. The van der Waals surface area contributed by atoms with Gasteiger partial charge in [0.1, 0.15) is 24.7 Å². The third-order valence-corrected chi connectivity index (χ3v) is 17.2. The Kier molecular flexibility index (Phi) is 18.9. The molecule has 3 saturated heterocycles. The minimum absolute atomic E-state index is 0.0262. The molecule has 426 valence electrons. The number of likely N-dealkylation sites (tertiary alicyclic amines) is 2. The molecule has 5 N–H and O–H groups in total. The molecule has 8 rings (SSSR count). The maximum atomic E-state index is 14.8. The fourth-order valence-electron chi connectivity index (χ4n) is 10.7. The molecule has 3 fully saturated rings. The molecule has 22 heteroatoms. The Labute approximate surface area is 466 Å². The lowest BCUT2D eigenvalue weighted by Gasteiger charge is -2.38. The fourth-order valence-corrected chi connectivity index (χ4v) is 12.1. The van der Waals surface area contributed by atoms with Crippen LogP contribution in [0.5, 0.6) is 0 Å². The molecule has 18 nitrogen and oxygen atoms in total. The summed E-state index contributed by atoms with van der Waals surface area (Å²) in [5, 5.41) is 8.09.